The minimum absolute atomic E-state index is 0.0309. The Morgan fingerprint density at radius 3 is 1.35 bits per heavy atom. The van der Waals surface area contributed by atoms with Crippen molar-refractivity contribution in [1.29, 1.82) is 0 Å². The first-order valence-corrected chi connectivity index (χ1v) is 37.2. The van der Waals surface area contributed by atoms with Crippen molar-refractivity contribution in [2.75, 3.05) is 50.9 Å². The van der Waals surface area contributed by atoms with Gasteiger partial charge in [-0.05, 0) is 164 Å². The van der Waals surface area contributed by atoms with Gasteiger partial charge in [-0.3, -0.25) is 44.4 Å². The van der Waals surface area contributed by atoms with Gasteiger partial charge in [0.1, 0.15) is 34.7 Å². The molecular weight excluding hydrogens is 1410 g/mol. The number of anilines is 1. The summed E-state index contributed by atoms with van der Waals surface area (Å²) in [6, 6.07) is 23.2. The Morgan fingerprint density at radius 2 is 0.926 bits per heavy atom. The van der Waals surface area contributed by atoms with Crippen molar-refractivity contribution < 1.29 is 52.6 Å². The van der Waals surface area contributed by atoms with Gasteiger partial charge in [0.2, 0.25) is 21.9 Å². The molecule has 0 bridgehead atoms. The lowest BCUT2D eigenvalue weighted by molar-refractivity contribution is -0.137. The van der Waals surface area contributed by atoms with Crippen LogP contribution in [-0.2, 0) is 46.9 Å². The highest BCUT2D eigenvalue weighted by Crippen LogP contribution is 2.39. The van der Waals surface area contributed by atoms with Crippen molar-refractivity contribution >= 4 is 50.2 Å². The molecule has 3 amide bonds. The fourth-order valence-electron chi connectivity index (χ4n) is 13.2. The summed E-state index contributed by atoms with van der Waals surface area (Å²) in [7, 11) is -3.93. The zero-order valence-corrected chi connectivity index (χ0v) is 62.2. The zero-order chi connectivity index (χ0) is 77.1. The number of H-pyrrole nitrogens is 3. The van der Waals surface area contributed by atoms with E-state index in [9.17, 15) is 37.2 Å². The van der Waals surface area contributed by atoms with E-state index >= 15 is 0 Å². The van der Waals surface area contributed by atoms with E-state index in [0.717, 1.165) is 78.8 Å². The number of piperazine rings is 1. The average Bonchev–Trinajstić information content (AvgIpc) is 1.45. The van der Waals surface area contributed by atoms with Crippen molar-refractivity contribution in [2.45, 2.75) is 131 Å². The molecule has 13 rings (SSSR count). The number of aromatic amines is 3. The topological polar surface area (TPSA) is 431 Å². The highest BCUT2D eigenvalue weighted by Gasteiger charge is 2.35. The van der Waals surface area contributed by atoms with Crippen LogP contribution in [0.5, 0.6) is 17.2 Å². The van der Waals surface area contributed by atoms with Gasteiger partial charge < -0.3 is 34.1 Å². The largest absolute Gasteiger partial charge is 0.493 e. The summed E-state index contributed by atoms with van der Waals surface area (Å²) in [5, 5.41) is 40.4. The summed E-state index contributed by atoms with van der Waals surface area (Å²) in [4.78, 5) is 106. The van der Waals surface area contributed by atoms with Crippen LogP contribution in [0.2, 0.25) is 0 Å². The number of sulfonamides is 1. The molecule has 9 N–H and O–H groups in total. The third-order valence-corrected chi connectivity index (χ3v) is 20.4. The number of hydroxylamine groups is 3. The number of ether oxygens (including phenoxy) is 3. The molecule has 33 nitrogen and oxygen atoms in total. The van der Waals surface area contributed by atoms with Crippen LogP contribution in [0.25, 0.3) is 50.7 Å². The van der Waals surface area contributed by atoms with Crippen LogP contribution in [0.15, 0.2) is 111 Å². The molecule has 2 aliphatic rings. The molecule has 1 saturated carbocycles. The van der Waals surface area contributed by atoms with Gasteiger partial charge in [0.15, 0.2) is 34.0 Å². The number of hydrogen-bond acceptors (Lipinski definition) is 23. The zero-order valence-electron chi connectivity index (χ0n) is 61.4. The minimum atomic E-state index is -3.93. The predicted octanol–water partition coefficient (Wildman–Crippen LogP) is 7.44. The number of aryl methyl sites for hydroxylation is 6. The van der Waals surface area contributed by atoms with Crippen LogP contribution >= 0.6 is 0 Å². The predicted molar refractivity (Wildman–Crippen MR) is 397 cm³/mol. The summed E-state index contributed by atoms with van der Waals surface area (Å²) in [6.45, 7) is 19.4. The molecule has 1 aliphatic heterocycles. The van der Waals surface area contributed by atoms with Crippen LogP contribution in [0.4, 0.5) is 5.95 Å². The van der Waals surface area contributed by atoms with Gasteiger partial charge in [-0.15, -0.1) is 15.3 Å². The van der Waals surface area contributed by atoms with Gasteiger partial charge in [-0.1, -0.05) is 45.0 Å². The summed E-state index contributed by atoms with van der Waals surface area (Å²) >= 11 is 0. The number of carbonyl (C=O) groups excluding carboxylic acids is 3. The van der Waals surface area contributed by atoms with Crippen LogP contribution in [0, 0.1) is 32.6 Å². The maximum absolute atomic E-state index is 13.7. The highest BCUT2D eigenvalue weighted by molar-refractivity contribution is 7.89. The second kappa shape index (κ2) is 34.3. The van der Waals surface area contributed by atoms with Gasteiger partial charge in [0, 0.05) is 69.3 Å². The Kier molecular flexibility index (Phi) is 24.6. The van der Waals surface area contributed by atoms with Crippen LogP contribution in [0.3, 0.4) is 0 Å². The Morgan fingerprint density at radius 1 is 0.519 bits per heavy atom. The summed E-state index contributed by atoms with van der Waals surface area (Å²) in [5.74, 6) is 3.81. The third kappa shape index (κ3) is 16.8. The van der Waals surface area contributed by atoms with Crippen LogP contribution in [-0.4, -0.2) is 161 Å². The lowest BCUT2D eigenvalue weighted by Crippen LogP contribution is -2.49. The van der Waals surface area contributed by atoms with Gasteiger partial charge in [0.25, 0.3) is 28.5 Å². The van der Waals surface area contributed by atoms with E-state index in [1.165, 1.54) is 38.8 Å². The number of benzene rings is 4. The van der Waals surface area contributed by atoms with E-state index in [2.05, 4.69) is 58.8 Å². The number of fused-ring (bicyclic) bond motifs is 3. The molecule has 7 aromatic heterocycles. The van der Waals surface area contributed by atoms with Crippen molar-refractivity contribution in [3.63, 3.8) is 0 Å². The van der Waals surface area contributed by atoms with E-state index in [1.807, 2.05) is 90.1 Å². The maximum atomic E-state index is 13.7. The summed E-state index contributed by atoms with van der Waals surface area (Å²) in [6.07, 6.45) is 10.1. The Labute approximate surface area is 619 Å². The molecule has 1 aliphatic carbocycles. The molecule has 34 heteroatoms. The van der Waals surface area contributed by atoms with E-state index in [0.29, 0.717) is 149 Å². The number of aromatic nitrogens is 14. The number of rotatable bonds is 25. The van der Waals surface area contributed by atoms with Crippen LogP contribution < -0.4 is 52.2 Å². The lowest BCUT2D eigenvalue weighted by atomic mass is 9.72. The normalized spacial score (nSPS) is 14.4. The summed E-state index contributed by atoms with van der Waals surface area (Å²) < 4.78 is 51.0. The average molecular weight is 1500 g/mol. The van der Waals surface area contributed by atoms with Gasteiger partial charge >= 0.3 is 0 Å². The maximum Gasteiger partial charge on any atom is 0.277 e. The monoisotopic (exact) mass is 1500 g/mol. The number of nitrogens with zero attached hydrogens (tertiary/aromatic N) is 13. The second-order valence-corrected chi connectivity index (χ2v) is 28.0. The molecule has 0 radical (unpaired) electrons. The minimum Gasteiger partial charge on any atom is -0.493 e. The molecule has 1 saturated heterocycles. The van der Waals surface area contributed by atoms with E-state index < -0.39 is 21.8 Å². The molecule has 108 heavy (non-hydrogen) atoms. The standard InChI is InChI=1S/C26H31N9O6S.C25H27N5O4.C23H29N5O4/c1-4-6-21-29-16(3)22-25(37)30-23(31-35(21)22)19-13-18(7-8-20(19)41-5-2)42(39,40)34-11-9-33(10-12-34)26-27-14-17(15-28-26)24(36)32-38;1-4-6-21-26-15(3)22-25(32)27-23(28-30(21)22)19-14-17(9-12-20(19)34-5-2)13-16-7-10-18(11-8-16)24(31)29-33;1-4-6-19-24-13(3)20-23(30)25-21(26-28(19)20)17-12-14(7-8-18(17)32-5-2)9-15-10-16(11-15)22(29)27-31/h7-8,13-15,38H,4-6,9-12H2,1-3H3,(H,32,36)(H,30,31,37);7-12,14,33H,4-6,13H2,1-3H3,(H,29,31)(H,27,28,32);7-8,12,15-16,31H,4-6,9-11H2,1-3H3,(H,27,29)(H,25,26,30). The lowest BCUT2D eigenvalue weighted by Gasteiger charge is -2.34. The molecule has 0 spiro atoms. The Bertz CT molecular complexity index is 5410. The Balaban J connectivity index is 0.000000163. The molecule has 568 valence electrons. The van der Waals surface area contributed by atoms with Gasteiger partial charge in [0.05, 0.1) is 64.1 Å². The number of imidazole rings is 3. The van der Waals surface area contributed by atoms with E-state index in [4.69, 9.17) is 40.0 Å². The van der Waals surface area contributed by atoms with Crippen molar-refractivity contribution in [1.82, 2.24) is 89.5 Å². The fraction of sp³-hybridized carbons (Fsp3) is 0.378. The molecule has 11 aromatic rings. The number of hydrogen-bond donors (Lipinski definition) is 9. The molecular formula is C74H87N19O14S. The third-order valence-electron chi connectivity index (χ3n) is 18.5. The van der Waals surface area contributed by atoms with Gasteiger partial charge in [-0.25, -0.2) is 63.3 Å². The van der Waals surface area contributed by atoms with E-state index in [-0.39, 0.29) is 57.9 Å². The molecule has 8 heterocycles. The van der Waals surface area contributed by atoms with Crippen LogP contribution in [0.1, 0.15) is 146 Å². The number of nitrogens with one attached hydrogen (secondary N) is 6. The van der Waals surface area contributed by atoms with Gasteiger partial charge in [-0.2, -0.15) is 4.31 Å². The second-order valence-electron chi connectivity index (χ2n) is 26.0. The molecule has 2 fully saturated rings. The quantitative estimate of drug-likeness (QED) is 0.0198. The van der Waals surface area contributed by atoms with Crippen molar-refractivity contribution in [3.05, 3.63) is 185 Å². The Hall–Kier alpha value is -11.6. The first-order chi connectivity index (χ1) is 52.1. The first kappa shape index (κ1) is 77.5. The number of carbonyl (C=O) groups is 3. The number of amides is 3. The van der Waals surface area contributed by atoms with Crippen molar-refractivity contribution in [3.8, 4) is 51.4 Å². The smallest absolute Gasteiger partial charge is 0.277 e. The highest BCUT2D eigenvalue weighted by atomic mass is 32.2. The summed E-state index contributed by atoms with van der Waals surface area (Å²) in [5.41, 5.74) is 12.4. The molecule has 0 atom stereocenters. The first-order valence-electron chi connectivity index (χ1n) is 35.8. The molecule has 4 aromatic carbocycles. The van der Waals surface area contributed by atoms with Crippen molar-refractivity contribution in [2.24, 2.45) is 11.8 Å². The fourth-order valence-corrected chi connectivity index (χ4v) is 14.7. The van der Waals surface area contributed by atoms with E-state index in [1.54, 1.807) is 50.0 Å². The SMILES string of the molecule is CCCc1nc(C)c2c(=O)[nH]c(-c3cc(CC4CC(C(=O)NO)C4)ccc3OCC)nn12.CCCc1nc(C)c2c(=O)[nH]c(-c3cc(Cc4ccc(C(=O)NO)cc4)ccc3OCC)nn12.CCCc1nc(C)c2c(=O)[nH]c(-c3cc(S(=O)(=O)N4CCN(c5ncc(C(=O)NO)cn5)CC4)ccc3OCC)nn12. The molecule has 0 unspecified atom stereocenters.